The Morgan fingerprint density at radius 1 is 1.33 bits per heavy atom. The molecule has 2 saturated heterocycles. The highest BCUT2D eigenvalue weighted by Crippen LogP contribution is 2.34. The van der Waals surface area contributed by atoms with Gasteiger partial charge in [0.1, 0.15) is 0 Å². The normalized spacial score (nSPS) is 38.0. The molecule has 3 unspecified atom stereocenters. The van der Waals surface area contributed by atoms with Gasteiger partial charge in [0, 0.05) is 6.04 Å². The van der Waals surface area contributed by atoms with E-state index in [1.54, 1.807) is 0 Å². The van der Waals surface area contributed by atoms with Crippen molar-refractivity contribution in [2.24, 2.45) is 17.8 Å². The zero-order valence-electron chi connectivity index (χ0n) is 10.5. The number of piperidine rings is 2. The Bertz CT molecular complexity index is 203. The van der Waals surface area contributed by atoms with Crippen LogP contribution in [-0.2, 0) is 0 Å². The van der Waals surface area contributed by atoms with Crippen molar-refractivity contribution in [3.8, 4) is 0 Å². The third-order valence-electron chi connectivity index (χ3n) is 4.30. The van der Waals surface area contributed by atoms with Crippen molar-refractivity contribution in [2.75, 3.05) is 26.7 Å². The van der Waals surface area contributed by atoms with Crippen LogP contribution in [0.4, 0.5) is 0 Å². The van der Waals surface area contributed by atoms with E-state index in [2.05, 4.69) is 31.1 Å². The molecule has 0 radical (unpaired) electrons. The molecule has 0 amide bonds. The van der Waals surface area contributed by atoms with Gasteiger partial charge >= 0.3 is 0 Å². The topological polar surface area (TPSA) is 15.3 Å². The monoisotopic (exact) mass is 210 g/mol. The molecule has 2 heteroatoms. The Morgan fingerprint density at radius 2 is 2.13 bits per heavy atom. The summed E-state index contributed by atoms with van der Waals surface area (Å²) in [7, 11) is 2.32. The molecule has 2 nitrogen and oxygen atoms in total. The van der Waals surface area contributed by atoms with Gasteiger partial charge in [-0.3, -0.25) is 0 Å². The van der Waals surface area contributed by atoms with Gasteiger partial charge in [-0.15, -0.1) is 0 Å². The van der Waals surface area contributed by atoms with Crippen LogP contribution in [0.1, 0.15) is 33.1 Å². The number of hydrogen-bond acceptors (Lipinski definition) is 2. The molecule has 0 spiro atoms. The molecular formula is C13H26N2. The SMILES string of the molecule is CC(C)CC1C2CNCCC2CCN1C. The standard InChI is InChI=1S/C13H26N2/c1-10(2)8-13-12-9-14-6-4-11(12)5-7-15(13)3/h10-14H,4-9H2,1-3H3. The fourth-order valence-corrected chi connectivity index (χ4v) is 3.45. The van der Waals surface area contributed by atoms with Crippen LogP contribution in [0.5, 0.6) is 0 Å². The van der Waals surface area contributed by atoms with E-state index < -0.39 is 0 Å². The van der Waals surface area contributed by atoms with Crippen LogP contribution in [0.15, 0.2) is 0 Å². The maximum atomic E-state index is 3.58. The van der Waals surface area contributed by atoms with Crippen LogP contribution in [0, 0.1) is 17.8 Å². The summed E-state index contributed by atoms with van der Waals surface area (Å²) >= 11 is 0. The highest BCUT2D eigenvalue weighted by molar-refractivity contribution is 4.92. The number of nitrogens with one attached hydrogen (secondary N) is 1. The predicted molar refractivity (Wildman–Crippen MR) is 65.0 cm³/mol. The maximum absolute atomic E-state index is 3.58. The first-order valence-electron chi connectivity index (χ1n) is 6.59. The van der Waals surface area contributed by atoms with Crippen LogP contribution in [0.25, 0.3) is 0 Å². The van der Waals surface area contributed by atoms with Crippen molar-refractivity contribution < 1.29 is 0 Å². The molecule has 15 heavy (non-hydrogen) atoms. The first-order chi connectivity index (χ1) is 7.18. The molecule has 0 aromatic rings. The summed E-state index contributed by atoms with van der Waals surface area (Å²) in [6.07, 6.45) is 4.21. The summed E-state index contributed by atoms with van der Waals surface area (Å²) in [6, 6.07) is 0.830. The lowest BCUT2D eigenvalue weighted by Gasteiger charge is -2.47. The van der Waals surface area contributed by atoms with Crippen molar-refractivity contribution in [2.45, 2.75) is 39.2 Å². The van der Waals surface area contributed by atoms with E-state index in [9.17, 15) is 0 Å². The van der Waals surface area contributed by atoms with Crippen molar-refractivity contribution in [3.05, 3.63) is 0 Å². The fourth-order valence-electron chi connectivity index (χ4n) is 3.45. The average molecular weight is 210 g/mol. The lowest BCUT2D eigenvalue weighted by Crippen LogP contribution is -2.53. The largest absolute Gasteiger partial charge is 0.316 e. The molecular weight excluding hydrogens is 184 g/mol. The van der Waals surface area contributed by atoms with E-state index in [4.69, 9.17) is 0 Å². The quantitative estimate of drug-likeness (QED) is 0.749. The van der Waals surface area contributed by atoms with Crippen LogP contribution >= 0.6 is 0 Å². The van der Waals surface area contributed by atoms with Crippen LogP contribution < -0.4 is 5.32 Å². The molecule has 3 atom stereocenters. The number of nitrogens with zero attached hydrogens (tertiary/aromatic N) is 1. The average Bonchev–Trinajstić information content (AvgIpc) is 2.22. The molecule has 2 fully saturated rings. The van der Waals surface area contributed by atoms with E-state index in [-0.39, 0.29) is 0 Å². The highest BCUT2D eigenvalue weighted by Gasteiger charge is 2.37. The van der Waals surface area contributed by atoms with E-state index in [1.165, 1.54) is 38.9 Å². The Kier molecular flexibility index (Phi) is 3.68. The van der Waals surface area contributed by atoms with E-state index in [0.717, 1.165) is 23.8 Å². The van der Waals surface area contributed by atoms with Gasteiger partial charge in [-0.2, -0.15) is 0 Å². The minimum Gasteiger partial charge on any atom is -0.316 e. The maximum Gasteiger partial charge on any atom is 0.0138 e. The van der Waals surface area contributed by atoms with Gasteiger partial charge < -0.3 is 10.2 Å². The van der Waals surface area contributed by atoms with Gasteiger partial charge in [-0.25, -0.2) is 0 Å². The van der Waals surface area contributed by atoms with Gasteiger partial charge in [0.25, 0.3) is 0 Å². The molecule has 1 N–H and O–H groups in total. The van der Waals surface area contributed by atoms with Gasteiger partial charge in [-0.1, -0.05) is 13.8 Å². The van der Waals surface area contributed by atoms with Crippen LogP contribution in [0.3, 0.4) is 0 Å². The molecule has 88 valence electrons. The van der Waals surface area contributed by atoms with Crippen molar-refractivity contribution in [1.82, 2.24) is 10.2 Å². The summed E-state index contributed by atoms with van der Waals surface area (Å²) in [5.41, 5.74) is 0. The first-order valence-corrected chi connectivity index (χ1v) is 6.59. The molecule has 0 aliphatic carbocycles. The second-order valence-corrected chi connectivity index (χ2v) is 5.88. The number of hydrogen-bond donors (Lipinski definition) is 1. The number of likely N-dealkylation sites (tertiary alicyclic amines) is 1. The Labute approximate surface area is 94.4 Å². The molecule has 2 aliphatic rings. The summed E-state index contributed by atoms with van der Waals surface area (Å²) in [5.74, 6) is 2.75. The molecule has 2 heterocycles. The van der Waals surface area contributed by atoms with Crippen LogP contribution in [-0.4, -0.2) is 37.6 Å². The van der Waals surface area contributed by atoms with Crippen molar-refractivity contribution in [1.29, 1.82) is 0 Å². The highest BCUT2D eigenvalue weighted by atomic mass is 15.1. The molecule has 0 aromatic heterocycles. The van der Waals surface area contributed by atoms with E-state index in [1.807, 2.05) is 0 Å². The Hall–Kier alpha value is -0.0800. The molecule has 2 rings (SSSR count). The smallest absolute Gasteiger partial charge is 0.0138 e. The van der Waals surface area contributed by atoms with Gasteiger partial charge in [0.15, 0.2) is 0 Å². The van der Waals surface area contributed by atoms with Gasteiger partial charge in [0.2, 0.25) is 0 Å². The molecule has 0 saturated carbocycles. The minimum absolute atomic E-state index is 0.830. The summed E-state index contributed by atoms with van der Waals surface area (Å²) in [6.45, 7) is 8.53. The third-order valence-corrected chi connectivity index (χ3v) is 4.30. The lowest BCUT2D eigenvalue weighted by atomic mass is 9.74. The summed E-state index contributed by atoms with van der Waals surface area (Å²) in [5, 5.41) is 3.58. The predicted octanol–water partition coefficient (Wildman–Crippen LogP) is 1.96. The molecule has 2 aliphatic heterocycles. The van der Waals surface area contributed by atoms with Gasteiger partial charge in [-0.05, 0) is 63.7 Å². The number of fused-ring (bicyclic) bond motifs is 1. The Balaban J connectivity index is 2.02. The van der Waals surface area contributed by atoms with E-state index in [0.29, 0.717) is 0 Å². The van der Waals surface area contributed by atoms with Gasteiger partial charge in [0.05, 0.1) is 0 Å². The Morgan fingerprint density at radius 3 is 2.87 bits per heavy atom. The zero-order chi connectivity index (χ0) is 10.8. The number of rotatable bonds is 2. The second kappa shape index (κ2) is 4.84. The fraction of sp³-hybridized carbons (Fsp3) is 1.00. The van der Waals surface area contributed by atoms with Crippen LogP contribution in [0.2, 0.25) is 0 Å². The third kappa shape index (κ3) is 2.54. The van der Waals surface area contributed by atoms with E-state index >= 15 is 0 Å². The summed E-state index contributed by atoms with van der Waals surface area (Å²) < 4.78 is 0. The molecule has 0 aromatic carbocycles. The van der Waals surface area contributed by atoms with Crippen molar-refractivity contribution in [3.63, 3.8) is 0 Å². The summed E-state index contributed by atoms with van der Waals surface area (Å²) in [4.78, 5) is 2.61. The first kappa shape index (κ1) is 11.4. The zero-order valence-corrected chi connectivity index (χ0v) is 10.5. The minimum atomic E-state index is 0.830. The van der Waals surface area contributed by atoms with Crippen molar-refractivity contribution >= 4 is 0 Å². The molecule has 0 bridgehead atoms. The lowest BCUT2D eigenvalue weighted by molar-refractivity contribution is 0.0381. The second-order valence-electron chi connectivity index (χ2n) is 5.88.